The molecule has 2 heteroatoms. The SMILES string of the molecule is CSc1c2ccccc2c(SC)c2cc3ccccc3cc12. The van der Waals surface area contributed by atoms with Crippen LogP contribution >= 0.6 is 23.5 Å². The fourth-order valence-electron chi connectivity index (χ4n) is 3.23. The van der Waals surface area contributed by atoms with Gasteiger partial charge in [-0.15, -0.1) is 23.5 Å². The number of benzene rings is 4. The third kappa shape index (κ3) is 2.02. The maximum absolute atomic E-state index is 2.35. The second-order valence-electron chi connectivity index (χ2n) is 5.36. The van der Waals surface area contributed by atoms with Gasteiger partial charge in [0.1, 0.15) is 0 Å². The molecule has 0 amide bonds. The van der Waals surface area contributed by atoms with Crippen LogP contribution in [0, 0.1) is 0 Å². The van der Waals surface area contributed by atoms with E-state index in [-0.39, 0.29) is 0 Å². The van der Waals surface area contributed by atoms with Crippen molar-refractivity contribution in [3.8, 4) is 0 Å². The van der Waals surface area contributed by atoms with Crippen molar-refractivity contribution < 1.29 is 0 Å². The van der Waals surface area contributed by atoms with Crippen LogP contribution in [-0.2, 0) is 0 Å². The highest BCUT2D eigenvalue weighted by atomic mass is 32.2. The maximum Gasteiger partial charge on any atom is 0.0227 e. The quantitative estimate of drug-likeness (QED) is 0.302. The molecule has 0 aliphatic heterocycles. The van der Waals surface area contributed by atoms with E-state index in [0.717, 1.165) is 0 Å². The Morgan fingerprint density at radius 1 is 0.545 bits per heavy atom. The van der Waals surface area contributed by atoms with Gasteiger partial charge in [-0.1, -0.05) is 48.5 Å². The van der Waals surface area contributed by atoms with E-state index in [1.54, 1.807) is 0 Å². The van der Waals surface area contributed by atoms with Crippen molar-refractivity contribution in [2.24, 2.45) is 0 Å². The summed E-state index contributed by atoms with van der Waals surface area (Å²) in [6, 6.07) is 22.1. The van der Waals surface area contributed by atoms with Gasteiger partial charge in [0.2, 0.25) is 0 Å². The van der Waals surface area contributed by atoms with Crippen LogP contribution in [0.4, 0.5) is 0 Å². The molecule has 0 saturated carbocycles. The summed E-state index contributed by atoms with van der Waals surface area (Å²) in [6.45, 7) is 0. The molecule has 0 atom stereocenters. The molecular formula is C20H16S2. The zero-order valence-electron chi connectivity index (χ0n) is 12.6. The van der Waals surface area contributed by atoms with Crippen LogP contribution in [0.2, 0.25) is 0 Å². The lowest BCUT2D eigenvalue weighted by Gasteiger charge is -2.15. The first-order valence-corrected chi connectivity index (χ1v) is 9.73. The van der Waals surface area contributed by atoms with Crippen LogP contribution in [0.5, 0.6) is 0 Å². The number of rotatable bonds is 2. The van der Waals surface area contributed by atoms with Crippen LogP contribution in [0.1, 0.15) is 0 Å². The minimum absolute atomic E-state index is 1.31. The first-order valence-electron chi connectivity index (χ1n) is 7.28. The van der Waals surface area contributed by atoms with Gasteiger partial charge in [0.15, 0.2) is 0 Å². The van der Waals surface area contributed by atoms with Crippen LogP contribution in [0.3, 0.4) is 0 Å². The van der Waals surface area contributed by atoms with E-state index in [1.165, 1.54) is 42.1 Å². The Bertz CT molecular complexity index is 921. The van der Waals surface area contributed by atoms with Crippen molar-refractivity contribution in [2.75, 3.05) is 12.5 Å². The van der Waals surface area contributed by atoms with Gasteiger partial charge in [-0.25, -0.2) is 0 Å². The summed E-state index contributed by atoms with van der Waals surface area (Å²) in [5, 5.41) is 8.09. The Kier molecular flexibility index (Phi) is 3.51. The van der Waals surface area contributed by atoms with E-state index in [1.807, 2.05) is 23.5 Å². The van der Waals surface area contributed by atoms with Gasteiger partial charge in [0, 0.05) is 9.79 Å². The van der Waals surface area contributed by atoms with E-state index in [9.17, 15) is 0 Å². The number of hydrogen-bond donors (Lipinski definition) is 0. The zero-order chi connectivity index (χ0) is 15.1. The van der Waals surface area contributed by atoms with Crippen LogP contribution in [0.15, 0.2) is 70.5 Å². The second-order valence-corrected chi connectivity index (χ2v) is 6.99. The third-order valence-corrected chi connectivity index (χ3v) is 5.90. The molecule has 0 unspecified atom stereocenters. The normalized spacial score (nSPS) is 11.5. The Labute approximate surface area is 138 Å². The van der Waals surface area contributed by atoms with E-state index in [0.29, 0.717) is 0 Å². The van der Waals surface area contributed by atoms with E-state index in [2.05, 4.69) is 73.2 Å². The number of hydrogen-bond acceptors (Lipinski definition) is 2. The van der Waals surface area contributed by atoms with Gasteiger partial charge < -0.3 is 0 Å². The molecule has 22 heavy (non-hydrogen) atoms. The highest BCUT2D eigenvalue weighted by Gasteiger charge is 2.13. The number of fused-ring (bicyclic) bond motifs is 3. The van der Waals surface area contributed by atoms with Crippen LogP contribution < -0.4 is 0 Å². The number of thioether (sulfide) groups is 2. The summed E-state index contributed by atoms with van der Waals surface area (Å²) >= 11 is 3.69. The molecule has 0 heterocycles. The summed E-state index contributed by atoms with van der Waals surface area (Å²) in [5.74, 6) is 0. The summed E-state index contributed by atoms with van der Waals surface area (Å²) in [6.07, 6.45) is 4.35. The largest absolute Gasteiger partial charge is 0.128 e. The van der Waals surface area contributed by atoms with Gasteiger partial charge in [-0.05, 0) is 57.0 Å². The Balaban J connectivity index is 2.30. The maximum atomic E-state index is 2.35. The fourth-order valence-corrected chi connectivity index (χ4v) is 4.80. The molecule has 0 saturated heterocycles. The van der Waals surface area contributed by atoms with Crippen molar-refractivity contribution in [3.63, 3.8) is 0 Å². The van der Waals surface area contributed by atoms with Crippen LogP contribution in [0.25, 0.3) is 32.3 Å². The Hall–Kier alpha value is -1.64. The third-order valence-electron chi connectivity index (χ3n) is 4.20. The molecule has 0 fully saturated rings. The molecule has 4 aromatic rings. The van der Waals surface area contributed by atoms with E-state index < -0.39 is 0 Å². The summed E-state index contributed by atoms with van der Waals surface area (Å²) in [5.41, 5.74) is 0. The second kappa shape index (κ2) is 5.53. The average Bonchev–Trinajstić information content (AvgIpc) is 2.58. The Morgan fingerprint density at radius 2 is 0.955 bits per heavy atom. The molecule has 0 radical (unpaired) electrons. The minimum Gasteiger partial charge on any atom is -0.128 e. The predicted molar refractivity (Wildman–Crippen MR) is 103 cm³/mol. The molecule has 0 bridgehead atoms. The summed E-state index contributed by atoms with van der Waals surface area (Å²) in [7, 11) is 0. The zero-order valence-corrected chi connectivity index (χ0v) is 14.2. The summed E-state index contributed by atoms with van der Waals surface area (Å²) < 4.78 is 0. The van der Waals surface area contributed by atoms with Crippen LogP contribution in [-0.4, -0.2) is 12.5 Å². The highest BCUT2D eigenvalue weighted by Crippen LogP contribution is 2.42. The minimum atomic E-state index is 1.31. The van der Waals surface area contributed by atoms with E-state index in [4.69, 9.17) is 0 Å². The Morgan fingerprint density at radius 3 is 1.36 bits per heavy atom. The van der Waals surface area contributed by atoms with Crippen molar-refractivity contribution in [1.82, 2.24) is 0 Å². The molecule has 0 N–H and O–H groups in total. The standard InChI is InChI=1S/C20H16S2/c1-21-19-15-9-5-6-10-16(15)20(22-2)18-12-14-8-4-3-7-13(14)11-17(18)19/h3-12H,1-2H3. The smallest absolute Gasteiger partial charge is 0.0227 e. The predicted octanol–water partition coefficient (Wildman–Crippen LogP) is 6.59. The lowest BCUT2D eigenvalue weighted by atomic mass is 9.99. The highest BCUT2D eigenvalue weighted by molar-refractivity contribution is 7.99. The molecule has 108 valence electrons. The van der Waals surface area contributed by atoms with Gasteiger partial charge in [-0.2, -0.15) is 0 Å². The van der Waals surface area contributed by atoms with Crippen molar-refractivity contribution >= 4 is 55.8 Å². The first kappa shape index (κ1) is 14.0. The van der Waals surface area contributed by atoms with Gasteiger partial charge >= 0.3 is 0 Å². The topological polar surface area (TPSA) is 0 Å². The van der Waals surface area contributed by atoms with Crippen molar-refractivity contribution in [2.45, 2.75) is 9.79 Å². The summed E-state index contributed by atoms with van der Waals surface area (Å²) in [4.78, 5) is 2.77. The molecule has 0 aromatic heterocycles. The monoisotopic (exact) mass is 320 g/mol. The first-order chi connectivity index (χ1) is 10.8. The molecule has 4 rings (SSSR count). The van der Waals surface area contributed by atoms with E-state index >= 15 is 0 Å². The fraction of sp³-hybridized carbons (Fsp3) is 0.100. The van der Waals surface area contributed by atoms with Gasteiger partial charge in [0.25, 0.3) is 0 Å². The molecule has 0 aliphatic carbocycles. The average molecular weight is 320 g/mol. The lowest BCUT2D eigenvalue weighted by Crippen LogP contribution is -1.87. The molecule has 0 spiro atoms. The molecule has 4 aromatic carbocycles. The lowest BCUT2D eigenvalue weighted by molar-refractivity contribution is 1.55. The van der Waals surface area contributed by atoms with Crippen molar-refractivity contribution in [3.05, 3.63) is 60.7 Å². The molecular weight excluding hydrogens is 304 g/mol. The van der Waals surface area contributed by atoms with Crippen molar-refractivity contribution in [1.29, 1.82) is 0 Å². The molecule has 0 aliphatic rings. The van der Waals surface area contributed by atoms with Gasteiger partial charge in [-0.3, -0.25) is 0 Å². The van der Waals surface area contributed by atoms with Gasteiger partial charge in [0.05, 0.1) is 0 Å². The molecule has 0 nitrogen and oxygen atoms in total.